The van der Waals surface area contributed by atoms with Crippen LogP contribution in [0.3, 0.4) is 0 Å². The maximum Gasteiger partial charge on any atom is 0.112 e. The molecule has 3 heteroatoms. The van der Waals surface area contributed by atoms with Crippen LogP contribution in [0.5, 0.6) is 0 Å². The van der Waals surface area contributed by atoms with Crippen LogP contribution in [0.2, 0.25) is 0 Å². The molecule has 2 bridgehead atoms. The van der Waals surface area contributed by atoms with Gasteiger partial charge in [0.25, 0.3) is 0 Å². The summed E-state index contributed by atoms with van der Waals surface area (Å²) in [6.45, 7) is 1.01. The molecule has 0 unspecified atom stereocenters. The van der Waals surface area contributed by atoms with Gasteiger partial charge in [0.05, 0.1) is 0 Å². The first-order valence-electron chi connectivity index (χ1n) is 3.52. The Morgan fingerprint density at radius 1 is 1.40 bits per heavy atom. The van der Waals surface area contributed by atoms with Crippen molar-refractivity contribution in [3.05, 3.63) is 0 Å². The third-order valence-electron chi connectivity index (χ3n) is 2.63. The molecule has 0 aliphatic heterocycles. The Balaban J connectivity index is 0.000000500. The summed E-state index contributed by atoms with van der Waals surface area (Å²) in [5, 5.41) is 3.10. The number of rotatable bonds is 2. The highest BCUT2D eigenvalue weighted by Crippen LogP contribution is 2.68. The average Bonchev–Trinajstić information content (AvgIpc) is 1.60. The van der Waals surface area contributed by atoms with E-state index in [1.807, 2.05) is 7.05 Å². The van der Waals surface area contributed by atoms with E-state index in [9.17, 15) is 4.39 Å². The highest BCUT2D eigenvalue weighted by Gasteiger charge is 2.68. The molecule has 3 rings (SSSR count). The largest absolute Gasteiger partial charge is 0.319 e. The lowest BCUT2D eigenvalue weighted by Crippen LogP contribution is -2.67. The first-order valence-corrected chi connectivity index (χ1v) is 3.52. The van der Waals surface area contributed by atoms with Crippen LogP contribution >= 0.6 is 12.4 Å². The van der Waals surface area contributed by atoms with Crippen LogP contribution in [-0.4, -0.2) is 19.3 Å². The smallest absolute Gasteiger partial charge is 0.112 e. The number of hydrogen-bond donors (Lipinski definition) is 1. The van der Waals surface area contributed by atoms with E-state index in [-0.39, 0.29) is 12.4 Å². The van der Waals surface area contributed by atoms with Crippen molar-refractivity contribution in [3.8, 4) is 0 Å². The summed E-state index contributed by atoms with van der Waals surface area (Å²) in [4.78, 5) is 0. The van der Waals surface area contributed by atoms with Gasteiger partial charge < -0.3 is 5.32 Å². The standard InChI is InChI=1S/C7H12FN.ClH/c1-9-5-6-2-7(8,3-6)4-6;/h9H,2-5H2,1H3;1H. The Bertz CT molecular complexity index is 123. The van der Waals surface area contributed by atoms with Gasteiger partial charge in [-0.25, -0.2) is 4.39 Å². The van der Waals surface area contributed by atoms with Crippen molar-refractivity contribution in [2.45, 2.75) is 24.9 Å². The van der Waals surface area contributed by atoms with E-state index < -0.39 is 5.67 Å². The molecular weight excluding hydrogens is 153 g/mol. The molecule has 3 aliphatic rings. The third-order valence-corrected chi connectivity index (χ3v) is 2.63. The van der Waals surface area contributed by atoms with Crippen molar-refractivity contribution in [3.63, 3.8) is 0 Å². The summed E-state index contributed by atoms with van der Waals surface area (Å²) < 4.78 is 12.8. The molecule has 0 radical (unpaired) electrons. The van der Waals surface area contributed by atoms with E-state index in [0.29, 0.717) is 5.41 Å². The SMILES string of the molecule is CNCC12CC(F)(C1)C2.Cl. The van der Waals surface area contributed by atoms with Crippen LogP contribution < -0.4 is 5.32 Å². The minimum absolute atomic E-state index is 0. The predicted molar refractivity (Wildman–Crippen MR) is 41.3 cm³/mol. The Morgan fingerprint density at radius 3 is 2.20 bits per heavy atom. The molecule has 3 fully saturated rings. The molecule has 0 aromatic rings. The van der Waals surface area contributed by atoms with Crippen molar-refractivity contribution in [1.82, 2.24) is 5.32 Å². The van der Waals surface area contributed by atoms with Gasteiger partial charge in [-0.3, -0.25) is 0 Å². The Hall–Kier alpha value is 0.180. The van der Waals surface area contributed by atoms with E-state index >= 15 is 0 Å². The molecule has 0 aromatic heterocycles. The van der Waals surface area contributed by atoms with Crippen LogP contribution in [0.25, 0.3) is 0 Å². The summed E-state index contributed by atoms with van der Waals surface area (Å²) in [6, 6.07) is 0. The van der Waals surface area contributed by atoms with Crippen molar-refractivity contribution in [1.29, 1.82) is 0 Å². The highest BCUT2D eigenvalue weighted by atomic mass is 35.5. The average molecular weight is 166 g/mol. The quantitative estimate of drug-likeness (QED) is 0.655. The fraction of sp³-hybridized carbons (Fsp3) is 1.00. The molecule has 10 heavy (non-hydrogen) atoms. The minimum atomic E-state index is -0.711. The maximum atomic E-state index is 12.8. The van der Waals surface area contributed by atoms with Crippen molar-refractivity contribution >= 4 is 12.4 Å². The monoisotopic (exact) mass is 165 g/mol. The van der Waals surface area contributed by atoms with Gasteiger partial charge in [-0.1, -0.05) is 0 Å². The second kappa shape index (κ2) is 2.08. The summed E-state index contributed by atoms with van der Waals surface area (Å²) in [5.74, 6) is 0. The molecule has 0 heterocycles. The van der Waals surface area contributed by atoms with Gasteiger partial charge in [-0.2, -0.15) is 0 Å². The molecule has 0 atom stereocenters. The molecule has 60 valence electrons. The molecular formula is C7H13ClFN. The molecule has 3 saturated carbocycles. The zero-order chi connectivity index (χ0) is 6.54. The zero-order valence-corrected chi connectivity index (χ0v) is 6.93. The lowest BCUT2D eigenvalue weighted by Gasteiger charge is -2.66. The Labute approximate surface area is 66.8 Å². The number of alkyl halides is 1. The predicted octanol–water partition coefficient (Wildman–Crippen LogP) is 1.52. The topological polar surface area (TPSA) is 12.0 Å². The molecule has 0 aromatic carbocycles. The molecule has 1 N–H and O–H groups in total. The van der Waals surface area contributed by atoms with E-state index in [0.717, 1.165) is 25.8 Å². The number of halogens is 2. The van der Waals surface area contributed by atoms with Gasteiger partial charge in [-0.15, -0.1) is 12.4 Å². The zero-order valence-electron chi connectivity index (χ0n) is 6.11. The minimum Gasteiger partial charge on any atom is -0.319 e. The lowest BCUT2D eigenvalue weighted by molar-refractivity contribution is -0.209. The van der Waals surface area contributed by atoms with Crippen molar-refractivity contribution in [2.24, 2.45) is 5.41 Å². The highest BCUT2D eigenvalue weighted by molar-refractivity contribution is 5.85. The number of nitrogens with one attached hydrogen (secondary N) is 1. The fourth-order valence-electron chi connectivity index (χ4n) is 2.42. The molecule has 0 amide bonds. The maximum absolute atomic E-state index is 12.8. The molecule has 0 spiro atoms. The summed E-state index contributed by atoms with van der Waals surface area (Å²) in [6.07, 6.45) is 2.46. The van der Waals surface area contributed by atoms with E-state index in [1.165, 1.54) is 0 Å². The summed E-state index contributed by atoms with van der Waals surface area (Å²) in [7, 11) is 1.94. The Morgan fingerprint density at radius 2 is 1.90 bits per heavy atom. The van der Waals surface area contributed by atoms with E-state index in [2.05, 4.69) is 5.32 Å². The van der Waals surface area contributed by atoms with E-state index in [1.54, 1.807) is 0 Å². The third kappa shape index (κ3) is 0.857. The van der Waals surface area contributed by atoms with Gasteiger partial charge in [-0.05, 0) is 31.7 Å². The first kappa shape index (κ1) is 8.28. The van der Waals surface area contributed by atoms with Gasteiger partial charge in [0.1, 0.15) is 5.67 Å². The lowest BCUT2D eigenvalue weighted by atomic mass is 9.42. The number of hydrogen-bond acceptors (Lipinski definition) is 1. The molecule has 1 nitrogen and oxygen atoms in total. The van der Waals surface area contributed by atoms with Gasteiger partial charge >= 0.3 is 0 Å². The van der Waals surface area contributed by atoms with Crippen LogP contribution in [0.15, 0.2) is 0 Å². The second-order valence-corrected chi connectivity index (χ2v) is 3.71. The molecule has 3 aliphatic carbocycles. The fourth-order valence-corrected chi connectivity index (χ4v) is 2.42. The van der Waals surface area contributed by atoms with Crippen LogP contribution in [-0.2, 0) is 0 Å². The Kier molecular flexibility index (Phi) is 1.72. The normalized spacial score (nSPS) is 48.6. The van der Waals surface area contributed by atoms with Crippen LogP contribution in [0, 0.1) is 5.41 Å². The second-order valence-electron chi connectivity index (χ2n) is 3.71. The van der Waals surface area contributed by atoms with Crippen molar-refractivity contribution < 1.29 is 4.39 Å². The van der Waals surface area contributed by atoms with E-state index in [4.69, 9.17) is 0 Å². The van der Waals surface area contributed by atoms with Gasteiger partial charge in [0.2, 0.25) is 0 Å². The molecule has 0 saturated heterocycles. The van der Waals surface area contributed by atoms with Gasteiger partial charge in [0, 0.05) is 6.54 Å². The van der Waals surface area contributed by atoms with Crippen molar-refractivity contribution in [2.75, 3.05) is 13.6 Å². The van der Waals surface area contributed by atoms with Crippen LogP contribution in [0.1, 0.15) is 19.3 Å². The summed E-state index contributed by atoms with van der Waals surface area (Å²) in [5.41, 5.74) is -0.319. The van der Waals surface area contributed by atoms with Crippen LogP contribution in [0.4, 0.5) is 4.39 Å². The van der Waals surface area contributed by atoms with Gasteiger partial charge in [0.15, 0.2) is 0 Å². The summed E-state index contributed by atoms with van der Waals surface area (Å²) >= 11 is 0. The first-order chi connectivity index (χ1) is 4.18.